The number of ketones is 1. The van der Waals surface area contributed by atoms with Gasteiger partial charge in [0.25, 0.3) is 5.91 Å². The van der Waals surface area contributed by atoms with E-state index in [1.54, 1.807) is 54.1 Å². The summed E-state index contributed by atoms with van der Waals surface area (Å²) in [5, 5.41) is 5.42. The fraction of sp³-hybridized carbons (Fsp3) is 0.432. The van der Waals surface area contributed by atoms with Gasteiger partial charge in [-0.25, -0.2) is 19.6 Å². The lowest BCUT2D eigenvalue weighted by atomic mass is 9.94. The first-order valence-corrected chi connectivity index (χ1v) is 21.3. The molecular weight excluding hydrogens is 785 g/mol. The number of hydrogen-bond donors (Lipinski definition) is 3. The molecule has 2 fully saturated rings. The number of carbonyl (C=O) groups excluding carboxylic acids is 5. The van der Waals surface area contributed by atoms with Crippen molar-refractivity contribution in [3.8, 4) is 21.7 Å². The van der Waals surface area contributed by atoms with Gasteiger partial charge < -0.3 is 34.9 Å². The molecule has 15 nitrogen and oxygen atoms in total. The fourth-order valence-corrected chi connectivity index (χ4v) is 9.00. The second-order valence-electron chi connectivity index (χ2n) is 16.0. The summed E-state index contributed by atoms with van der Waals surface area (Å²) in [7, 11) is 1.28. The Kier molecular flexibility index (Phi) is 13.0. The Labute approximate surface area is 352 Å². The van der Waals surface area contributed by atoms with Crippen molar-refractivity contribution < 1.29 is 33.4 Å². The summed E-state index contributed by atoms with van der Waals surface area (Å²) >= 11 is 1.52. The normalized spacial score (nSPS) is 17.8. The molecule has 0 radical (unpaired) electrons. The predicted molar refractivity (Wildman–Crippen MR) is 226 cm³/mol. The van der Waals surface area contributed by atoms with Crippen LogP contribution in [-0.4, -0.2) is 97.3 Å². The van der Waals surface area contributed by atoms with Gasteiger partial charge in [-0.3, -0.25) is 18.8 Å². The summed E-state index contributed by atoms with van der Waals surface area (Å²) in [6.45, 7) is 8.26. The van der Waals surface area contributed by atoms with Gasteiger partial charge in [-0.15, -0.1) is 0 Å². The molecule has 0 aliphatic carbocycles. The van der Waals surface area contributed by atoms with Crippen LogP contribution in [0.15, 0.2) is 73.2 Å². The lowest BCUT2D eigenvalue weighted by Gasteiger charge is -2.37. The number of alkyl carbamates (subject to hydrolysis) is 2. The third-order valence-corrected chi connectivity index (χ3v) is 12.1. The zero-order chi connectivity index (χ0) is 42.5. The minimum absolute atomic E-state index is 0.0767. The van der Waals surface area contributed by atoms with Crippen molar-refractivity contribution in [3.05, 3.63) is 90.3 Å². The number of methoxy groups -OCH3 is 1. The number of fused-ring (bicyclic) bond motifs is 1. The molecule has 2 aliphatic rings. The first-order chi connectivity index (χ1) is 28.9. The molecule has 4 amide bonds. The molecule has 7 rings (SSSR count). The van der Waals surface area contributed by atoms with Crippen molar-refractivity contribution in [2.75, 3.05) is 20.2 Å². The third kappa shape index (κ3) is 9.38. The van der Waals surface area contributed by atoms with Crippen molar-refractivity contribution in [2.45, 2.75) is 96.5 Å². The minimum Gasteiger partial charge on any atom is -0.453 e. The number of carbonyl (C=O) groups is 5. The highest BCUT2D eigenvalue weighted by atomic mass is 32.1. The number of imidazole rings is 2. The molecule has 316 valence electrons. The summed E-state index contributed by atoms with van der Waals surface area (Å²) in [4.78, 5) is 84.2. The number of amides is 4. The van der Waals surface area contributed by atoms with E-state index in [1.807, 2.05) is 61.0 Å². The van der Waals surface area contributed by atoms with Crippen molar-refractivity contribution >= 4 is 46.1 Å². The lowest BCUT2D eigenvalue weighted by Crippen LogP contribution is -2.52. The van der Waals surface area contributed by atoms with Crippen LogP contribution < -0.4 is 10.6 Å². The minimum atomic E-state index is -0.991. The van der Waals surface area contributed by atoms with Crippen LogP contribution >= 0.6 is 11.3 Å². The molecular formula is C44H52N8O7S. The molecule has 0 spiro atoms. The van der Waals surface area contributed by atoms with Gasteiger partial charge >= 0.3 is 12.2 Å². The molecule has 5 heterocycles. The molecule has 2 unspecified atom stereocenters. The lowest BCUT2D eigenvalue weighted by molar-refractivity contribution is -0.143. The smallest absolute Gasteiger partial charge is 0.408 e. The number of Topliss-reactive ketones (excluding diaryl/α,β-unsaturated/α-hetero) is 1. The maximum atomic E-state index is 14.1. The maximum absolute atomic E-state index is 14.1. The summed E-state index contributed by atoms with van der Waals surface area (Å²) in [5.41, 5.74) is 4.02. The van der Waals surface area contributed by atoms with E-state index in [4.69, 9.17) is 14.5 Å². The molecule has 0 saturated carbocycles. The van der Waals surface area contributed by atoms with Crippen molar-refractivity contribution in [1.82, 2.24) is 39.8 Å². The maximum Gasteiger partial charge on any atom is 0.408 e. The van der Waals surface area contributed by atoms with Crippen LogP contribution in [0.25, 0.3) is 26.7 Å². The number of nitrogens with zero attached hydrogens (tertiary/aromatic N) is 5. The van der Waals surface area contributed by atoms with E-state index >= 15 is 0 Å². The van der Waals surface area contributed by atoms with E-state index in [0.717, 1.165) is 52.3 Å². The third-order valence-electron chi connectivity index (χ3n) is 11.0. The van der Waals surface area contributed by atoms with E-state index in [2.05, 4.69) is 20.6 Å². The quantitative estimate of drug-likeness (QED) is 0.114. The first kappa shape index (κ1) is 42.1. The predicted octanol–water partition coefficient (Wildman–Crippen LogP) is 6.87. The molecule has 2 saturated heterocycles. The van der Waals surface area contributed by atoms with Crippen LogP contribution in [0.3, 0.4) is 0 Å². The second kappa shape index (κ2) is 18.5. The first-order valence-electron chi connectivity index (χ1n) is 20.5. The van der Waals surface area contributed by atoms with Crippen molar-refractivity contribution in [2.24, 2.45) is 5.92 Å². The Morgan fingerprint density at radius 3 is 2.28 bits per heavy atom. The number of thiazole rings is 1. The molecule has 3 N–H and O–H groups in total. The summed E-state index contributed by atoms with van der Waals surface area (Å²) in [5.74, 6) is -0.00231. The number of likely N-dealkylation sites (tertiary alicyclic amines) is 2. The van der Waals surface area contributed by atoms with E-state index < -0.39 is 30.3 Å². The van der Waals surface area contributed by atoms with Gasteiger partial charge in [0.2, 0.25) is 5.91 Å². The molecule has 2 aromatic carbocycles. The molecule has 3 aromatic heterocycles. The van der Waals surface area contributed by atoms with Crippen LogP contribution in [0.5, 0.6) is 0 Å². The van der Waals surface area contributed by atoms with Crippen LogP contribution in [0.2, 0.25) is 0 Å². The van der Waals surface area contributed by atoms with Crippen LogP contribution in [0, 0.1) is 5.92 Å². The number of hydrogen-bond acceptors (Lipinski definition) is 10. The number of rotatable bonds is 13. The molecule has 4 atom stereocenters. The van der Waals surface area contributed by atoms with Crippen LogP contribution in [0.1, 0.15) is 89.0 Å². The van der Waals surface area contributed by atoms with E-state index in [1.165, 1.54) is 18.4 Å². The Bertz CT molecular complexity index is 2290. The SMILES string of the molecule is COC(=O)N[C@H](C(=O)N1CCCC1c1ncc(-c2ccc(-c3cn4cc(CC(=O)C5CCCCN5C(=O)[C@H](NC(=O)OC(C)C)c5ccccc5)nc4s3)cc2)[nH]1)C(C)C. The standard InChI is InChI=1S/C44H52N8O7S/c1-26(2)37(48-43(56)58-5)40(54)52-21-11-15-34(52)39-45-23-32(47-39)28-16-18-29(19-17-28)36-25-50-24-31(46-42(50)60-36)22-35(53)33-14-9-10-20-51(33)41(55)38(30-12-7-6-8-13-30)49-44(57)59-27(3)4/h6-8,12-13,16-19,23-27,33-34,37-38H,9-11,14-15,20-22H2,1-5H3,(H,45,47)(H,48,56)(H,49,57)/t33?,34?,37-,38+/m0/s1. The summed E-state index contributed by atoms with van der Waals surface area (Å²) in [6.07, 6.45) is 7.76. The number of benzene rings is 2. The molecule has 5 aromatic rings. The van der Waals surface area contributed by atoms with Crippen LogP contribution in [0.4, 0.5) is 9.59 Å². The van der Waals surface area contributed by atoms with Gasteiger partial charge in [0.15, 0.2) is 10.7 Å². The molecule has 16 heteroatoms. The number of nitrogens with one attached hydrogen (secondary N) is 3. The van der Waals surface area contributed by atoms with Gasteiger partial charge in [0.1, 0.15) is 17.9 Å². The Morgan fingerprint density at radius 1 is 0.850 bits per heavy atom. The van der Waals surface area contributed by atoms with Crippen molar-refractivity contribution in [3.63, 3.8) is 0 Å². The van der Waals surface area contributed by atoms with E-state index in [0.29, 0.717) is 36.6 Å². The summed E-state index contributed by atoms with van der Waals surface area (Å²) < 4.78 is 12.0. The number of aromatic nitrogens is 4. The Morgan fingerprint density at radius 2 is 1.58 bits per heavy atom. The Balaban J connectivity index is 1.00. The summed E-state index contributed by atoms with van der Waals surface area (Å²) in [6, 6.07) is 14.6. The highest BCUT2D eigenvalue weighted by Crippen LogP contribution is 2.34. The monoisotopic (exact) mass is 836 g/mol. The van der Waals surface area contributed by atoms with Gasteiger partial charge in [0.05, 0.1) is 54.2 Å². The number of H-pyrrole nitrogens is 1. The average Bonchev–Trinajstić information content (AvgIpc) is 4.06. The topological polar surface area (TPSA) is 180 Å². The number of aromatic amines is 1. The highest BCUT2D eigenvalue weighted by Gasteiger charge is 2.39. The van der Waals surface area contributed by atoms with Gasteiger partial charge in [0, 0.05) is 25.5 Å². The number of piperidine rings is 1. The molecule has 0 bridgehead atoms. The van der Waals surface area contributed by atoms with Crippen LogP contribution in [-0.2, 0) is 30.3 Å². The highest BCUT2D eigenvalue weighted by molar-refractivity contribution is 7.20. The molecule has 2 aliphatic heterocycles. The van der Waals surface area contributed by atoms with E-state index in [-0.39, 0.29) is 42.1 Å². The zero-order valence-corrected chi connectivity index (χ0v) is 35.4. The van der Waals surface area contributed by atoms with Gasteiger partial charge in [-0.1, -0.05) is 79.8 Å². The van der Waals surface area contributed by atoms with Crippen molar-refractivity contribution in [1.29, 1.82) is 0 Å². The van der Waals surface area contributed by atoms with Gasteiger partial charge in [-0.05, 0) is 68.6 Å². The second-order valence-corrected chi connectivity index (χ2v) is 17.0. The van der Waals surface area contributed by atoms with E-state index in [9.17, 15) is 24.0 Å². The zero-order valence-electron chi connectivity index (χ0n) is 34.6. The Hall–Kier alpha value is -6.03. The van der Waals surface area contributed by atoms with Gasteiger partial charge in [-0.2, -0.15) is 0 Å². The number of ether oxygens (including phenoxy) is 2. The largest absolute Gasteiger partial charge is 0.453 e. The average molecular weight is 837 g/mol. The molecule has 60 heavy (non-hydrogen) atoms. The fourth-order valence-electron chi connectivity index (χ4n) is 8.01.